The van der Waals surface area contributed by atoms with Crippen LogP contribution in [0.1, 0.15) is 12.6 Å². The molecule has 0 saturated heterocycles. The fourth-order valence-corrected chi connectivity index (χ4v) is 1.24. The van der Waals surface area contributed by atoms with E-state index in [-0.39, 0.29) is 0 Å². The summed E-state index contributed by atoms with van der Waals surface area (Å²) in [7, 11) is 4.11. The molecule has 0 aliphatic carbocycles. The summed E-state index contributed by atoms with van der Waals surface area (Å²) < 4.78 is 0. The maximum atomic E-state index is 5.52. The Morgan fingerprint density at radius 1 is 1.62 bits per heavy atom. The number of likely N-dealkylation sites (N-methyl/N-ethyl adjacent to an activating group) is 1. The highest BCUT2D eigenvalue weighted by Crippen LogP contribution is 2.08. The van der Waals surface area contributed by atoms with Gasteiger partial charge in [0.25, 0.3) is 0 Å². The lowest BCUT2D eigenvalue weighted by atomic mass is 10.2. The lowest BCUT2D eigenvalue weighted by molar-refractivity contribution is 0.326. The van der Waals surface area contributed by atoms with E-state index in [9.17, 15) is 0 Å². The molecular formula is C11H18N4S. The summed E-state index contributed by atoms with van der Waals surface area (Å²) in [6.45, 7) is 3.02. The molecule has 0 amide bonds. The van der Waals surface area contributed by atoms with Gasteiger partial charge in [-0.2, -0.15) is 0 Å². The summed E-state index contributed by atoms with van der Waals surface area (Å²) in [6, 6.07) is 4.23. The highest BCUT2D eigenvalue weighted by Gasteiger charge is 2.04. The highest BCUT2D eigenvalue weighted by molar-refractivity contribution is 7.80. The number of thiocarbonyl (C=S) groups is 1. The smallest absolute Gasteiger partial charge is 0.122 e. The van der Waals surface area contributed by atoms with Crippen LogP contribution in [0.15, 0.2) is 18.3 Å². The minimum atomic E-state index is 0.323. The third-order valence-corrected chi connectivity index (χ3v) is 2.70. The summed E-state index contributed by atoms with van der Waals surface area (Å²) in [4.78, 5) is 6.56. The molecule has 0 spiro atoms. The van der Waals surface area contributed by atoms with E-state index in [2.05, 4.69) is 36.2 Å². The Bertz CT molecular complexity index is 365. The second kappa shape index (κ2) is 5.77. The quantitative estimate of drug-likeness (QED) is 0.752. The molecule has 1 rings (SSSR count). The van der Waals surface area contributed by atoms with Crippen molar-refractivity contribution in [2.24, 2.45) is 5.73 Å². The lowest BCUT2D eigenvalue weighted by Gasteiger charge is -2.20. The van der Waals surface area contributed by atoms with Crippen molar-refractivity contribution in [3.8, 4) is 0 Å². The Balaban J connectivity index is 2.61. The minimum absolute atomic E-state index is 0.323. The van der Waals surface area contributed by atoms with E-state index in [1.807, 2.05) is 12.1 Å². The molecule has 0 radical (unpaired) electrons. The molecule has 16 heavy (non-hydrogen) atoms. The first-order chi connectivity index (χ1) is 7.50. The second-order valence-corrected chi connectivity index (χ2v) is 4.43. The van der Waals surface area contributed by atoms with Crippen LogP contribution < -0.4 is 11.1 Å². The van der Waals surface area contributed by atoms with Crippen LogP contribution >= 0.6 is 12.2 Å². The van der Waals surface area contributed by atoms with Crippen LogP contribution in [0.25, 0.3) is 0 Å². The van der Waals surface area contributed by atoms with E-state index in [0.717, 1.165) is 12.2 Å². The van der Waals surface area contributed by atoms with Crippen molar-refractivity contribution >= 4 is 22.9 Å². The molecule has 1 heterocycles. The number of nitrogens with two attached hydrogens (primary N) is 1. The van der Waals surface area contributed by atoms with E-state index >= 15 is 0 Å². The molecule has 0 aromatic carbocycles. The van der Waals surface area contributed by atoms with Gasteiger partial charge in [0.1, 0.15) is 4.99 Å². The van der Waals surface area contributed by atoms with Crippen LogP contribution in [0.2, 0.25) is 0 Å². The molecule has 5 heteroatoms. The molecule has 4 nitrogen and oxygen atoms in total. The molecule has 1 aromatic heterocycles. The Morgan fingerprint density at radius 3 is 2.88 bits per heavy atom. The predicted octanol–water partition coefficient (Wildman–Crippen LogP) is 1.08. The minimum Gasteiger partial charge on any atom is -0.388 e. The average Bonchev–Trinajstić information content (AvgIpc) is 2.26. The second-order valence-electron chi connectivity index (χ2n) is 3.99. The Hall–Kier alpha value is -1.20. The van der Waals surface area contributed by atoms with Crippen molar-refractivity contribution < 1.29 is 0 Å². The first-order valence-corrected chi connectivity index (χ1v) is 5.57. The van der Waals surface area contributed by atoms with Gasteiger partial charge in [-0.15, -0.1) is 0 Å². The zero-order valence-electron chi connectivity index (χ0n) is 9.90. The van der Waals surface area contributed by atoms with Gasteiger partial charge in [0, 0.05) is 24.5 Å². The number of rotatable bonds is 5. The molecule has 1 unspecified atom stereocenters. The number of anilines is 1. The van der Waals surface area contributed by atoms with Gasteiger partial charge in [-0.05, 0) is 33.2 Å². The summed E-state index contributed by atoms with van der Waals surface area (Å²) in [5.74, 6) is 0. The van der Waals surface area contributed by atoms with Crippen LogP contribution in [-0.2, 0) is 0 Å². The van der Waals surface area contributed by atoms with Gasteiger partial charge in [-0.3, -0.25) is 4.98 Å². The molecule has 1 aromatic rings. The van der Waals surface area contributed by atoms with E-state index in [1.54, 1.807) is 6.20 Å². The lowest BCUT2D eigenvalue weighted by Crippen LogP contribution is -2.31. The number of aromatic nitrogens is 1. The van der Waals surface area contributed by atoms with Crippen molar-refractivity contribution in [2.45, 2.75) is 13.0 Å². The van der Waals surface area contributed by atoms with Gasteiger partial charge in [0.05, 0.1) is 5.69 Å². The molecule has 0 aliphatic rings. The maximum Gasteiger partial charge on any atom is 0.122 e. The summed E-state index contributed by atoms with van der Waals surface area (Å²) in [6.07, 6.45) is 1.71. The Morgan fingerprint density at radius 2 is 2.31 bits per heavy atom. The van der Waals surface area contributed by atoms with Gasteiger partial charge in [-0.25, -0.2) is 0 Å². The standard InChI is InChI=1S/C11H18N4S/c1-8(15(2)3)7-14-9-4-5-13-10(6-9)11(12)16/h4-6,8H,7H2,1-3H3,(H2,12,16)(H,13,14). The summed E-state index contributed by atoms with van der Waals surface area (Å²) in [5, 5.41) is 3.32. The molecule has 0 bridgehead atoms. The summed E-state index contributed by atoms with van der Waals surface area (Å²) in [5.41, 5.74) is 7.16. The van der Waals surface area contributed by atoms with Gasteiger partial charge in [-0.1, -0.05) is 12.2 Å². The Labute approximate surface area is 102 Å². The van der Waals surface area contributed by atoms with Crippen molar-refractivity contribution in [1.29, 1.82) is 0 Å². The van der Waals surface area contributed by atoms with Gasteiger partial charge in [0.2, 0.25) is 0 Å². The zero-order valence-corrected chi connectivity index (χ0v) is 10.7. The fraction of sp³-hybridized carbons (Fsp3) is 0.455. The first kappa shape index (κ1) is 12.9. The molecular weight excluding hydrogens is 220 g/mol. The van der Waals surface area contributed by atoms with Crippen molar-refractivity contribution in [1.82, 2.24) is 9.88 Å². The monoisotopic (exact) mass is 238 g/mol. The van der Waals surface area contributed by atoms with Crippen molar-refractivity contribution in [3.63, 3.8) is 0 Å². The van der Waals surface area contributed by atoms with Crippen molar-refractivity contribution in [3.05, 3.63) is 24.0 Å². The number of pyridine rings is 1. The van der Waals surface area contributed by atoms with E-state index < -0.39 is 0 Å². The SMILES string of the molecule is CC(CNc1ccnc(C(N)=S)c1)N(C)C. The van der Waals surface area contributed by atoms with E-state index in [1.165, 1.54) is 0 Å². The number of hydrogen-bond donors (Lipinski definition) is 2. The Kier molecular flexibility index (Phi) is 4.64. The van der Waals surface area contributed by atoms with Gasteiger partial charge >= 0.3 is 0 Å². The van der Waals surface area contributed by atoms with Gasteiger partial charge < -0.3 is 16.0 Å². The number of nitrogens with one attached hydrogen (secondary N) is 1. The maximum absolute atomic E-state index is 5.52. The molecule has 1 atom stereocenters. The largest absolute Gasteiger partial charge is 0.388 e. The normalized spacial score (nSPS) is 12.5. The van der Waals surface area contributed by atoms with Crippen LogP contribution in [0.4, 0.5) is 5.69 Å². The van der Waals surface area contributed by atoms with Crippen LogP contribution in [0.5, 0.6) is 0 Å². The van der Waals surface area contributed by atoms with Crippen LogP contribution in [-0.4, -0.2) is 41.6 Å². The fourth-order valence-electron chi connectivity index (χ4n) is 1.12. The molecule has 0 fully saturated rings. The number of nitrogens with zero attached hydrogens (tertiary/aromatic N) is 2. The first-order valence-electron chi connectivity index (χ1n) is 5.17. The average molecular weight is 238 g/mol. The summed E-state index contributed by atoms with van der Waals surface area (Å²) >= 11 is 4.88. The highest BCUT2D eigenvalue weighted by atomic mass is 32.1. The molecule has 0 saturated carbocycles. The third kappa shape index (κ3) is 3.75. The van der Waals surface area contributed by atoms with Crippen molar-refractivity contribution in [2.75, 3.05) is 26.0 Å². The predicted molar refractivity (Wildman–Crippen MR) is 71.8 cm³/mol. The zero-order chi connectivity index (χ0) is 12.1. The topological polar surface area (TPSA) is 54.2 Å². The van der Waals surface area contributed by atoms with E-state index in [0.29, 0.717) is 16.7 Å². The van der Waals surface area contributed by atoms with Crippen LogP contribution in [0, 0.1) is 0 Å². The molecule has 0 aliphatic heterocycles. The molecule has 88 valence electrons. The molecule has 3 N–H and O–H groups in total. The number of hydrogen-bond acceptors (Lipinski definition) is 4. The third-order valence-electron chi connectivity index (χ3n) is 2.50. The van der Waals surface area contributed by atoms with Crippen LogP contribution in [0.3, 0.4) is 0 Å². The van der Waals surface area contributed by atoms with Gasteiger partial charge in [0.15, 0.2) is 0 Å². The van der Waals surface area contributed by atoms with E-state index in [4.69, 9.17) is 18.0 Å².